The molecule has 98 valence electrons. The van der Waals surface area contributed by atoms with Crippen LogP contribution in [0.4, 0.5) is 11.4 Å². The third-order valence-corrected chi connectivity index (χ3v) is 5.19. The monoisotopic (exact) mass is 397 g/mol. The Hall–Kier alpha value is -0.450. The van der Waals surface area contributed by atoms with Gasteiger partial charge in [-0.3, -0.25) is 0 Å². The van der Waals surface area contributed by atoms with Crippen molar-refractivity contribution in [2.75, 3.05) is 5.32 Å². The van der Waals surface area contributed by atoms with Crippen LogP contribution < -0.4 is 5.32 Å². The summed E-state index contributed by atoms with van der Waals surface area (Å²) in [6.45, 7) is 4.46. The SMILES string of the molecule is CC(C)c1cc(Br)cc2c1Nc1ccc(Br)cc1S2. The second-order valence-corrected chi connectivity index (χ2v) is 7.81. The van der Waals surface area contributed by atoms with Gasteiger partial charge in [0.25, 0.3) is 0 Å². The van der Waals surface area contributed by atoms with Gasteiger partial charge in [0.05, 0.1) is 11.4 Å². The molecule has 1 aliphatic rings. The van der Waals surface area contributed by atoms with Crippen molar-refractivity contribution < 1.29 is 0 Å². The topological polar surface area (TPSA) is 12.0 Å². The molecule has 4 heteroatoms. The summed E-state index contributed by atoms with van der Waals surface area (Å²) in [5.41, 5.74) is 3.79. The van der Waals surface area contributed by atoms with Crippen LogP contribution in [0.2, 0.25) is 0 Å². The van der Waals surface area contributed by atoms with Crippen LogP contribution in [0.25, 0.3) is 0 Å². The maximum Gasteiger partial charge on any atom is 0.0562 e. The Kier molecular flexibility index (Phi) is 3.67. The Morgan fingerprint density at radius 1 is 1.00 bits per heavy atom. The summed E-state index contributed by atoms with van der Waals surface area (Å²) in [4.78, 5) is 2.54. The molecule has 0 fully saturated rings. The van der Waals surface area contributed by atoms with Gasteiger partial charge in [0.1, 0.15) is 0 Å². The van der Waals surface area contributed by atoms with Gasteiger partial charge < -0.3 is 5.32 Å². The minimum atomic E-state index is 0.497. The van der Waals surface area contributed by atoms with Gasteiger partial charge in [-0.15, -0.1) is 0 Å². The highest BCUT2D eigenvalue weighted by Crippen LogP contribution is 2.48. The minimum absolute atomic E-state index is 0.497. The first-order valence-corrected chi connectivity index (χ1v) is 8.52. The van der Waals surface area contributed by atoms with E-state index in [0.717, 1.165) is 8.95 Å². The van der Waals surface area contributed by atoms with E-state index in [4.69, 9.17) is 0 Å². The molecule has 19 heavy (non-hydrogen) atoms. The van der Waals surface area contributed by atoms with Crippen LogP contribution in [0.5, 0.6) is 0 Å². The lowest BCUT2D eigenvalue weighted by atomic mass is 10.0. The molecule has 0 aliphatic carbocycles. The van der Waals surface area contributed by atoms with E-state index < -0.39 is 0 Å². The summed E-state index contributed by atoms with van der Waals surface area (Å²) in [7, 11) is 0. The van der Waals surface area contributed by atoms with Crippen molar-refractivity contribution in [1.29, 1.82) is 0 Å². The standard InChI is InChI=1S/C15H13Br2NS/c1-8(2)11-5-10(17)7-14-15(11)18-12-4-3-9(16)6-13(12)19-14/h3-8,18H,1-2H3. The lowest BCUT2D eigenvalue weighted by molar-refractivity contribution is 0.863. The molecular formula is C15H13Br2NS. The van der Waals surface area contributed by atoms with Crippen LogP contribution in [-0.4, -0.2) is 0 Å². The van der Waals surface area contributed by atoms with Gasteiger partial charge in [-0.2, -0.15) is 0 Å². The lowest BCUT2D eigenvalue weighted by Crippen LogP contribution is -2.04. The van der Waals surface area contributed by atoms with E-state index in [0.29, 0.717) is 5.92 Å². The highest BCUT2D eigenvalue weighted by atomic mass is 79.9. The van der Waals surface area contributed by atoms with Gasteiger partial charge in [-0.25, -0.2) is 0 Å². The van der Waals surface area contributed by atoms with Gasteiger partial charge >= 0.3 is 0 Å². The van der Waals surface area contributed by atoms with E-state index in [9.17, 15) is 0 Å². The molecule has 0 radical (unpaired) electrons. The number of nitrogens with one attached hydrogen (secondary N) is 1. The number of fused-ring (bicyclic) bond motifs is 2. The van der Waals surface area contributed by atoms with Gasteiger partial charge in [0.2, 0.25) is 0 Å². The Labute approximate surface area is 134 Å². The summed E-state index contributed by atoms with van der Waals surface area (Å²) < 4.78 is 2.26. The third kappa shape index (κ3) is 2.58. The average molecular weight is 399 g/mol. The van der Waals surface area contributed by atoms with E-state index in [2.05, 4.69) is 81.4 Å². The highest BCUT2D eigenvalue weighted by Gasteiger charge is 2.20. The zero-order chi connectivity index (χ0) is 13.6. The van der Waals surface area contributed by atoms with Gasteiger partial charge in [0.15, 0.2) is 0 Å². The number of anilines is 2. The fraction of sp³-hybridized carbons (Fsp3) is 0.200. The van der Waals surface area contributed by atoms with Crippen molar-refractivity contribution >= 4 is 55.0 Å². The first kappa shape index (κ1) is 13.5. The highest BCUT2D eigenvalue weighted by molar-refractivity contribution is 9.10. The smallest absolute Gasteiger partial charge is 0.0562 e. The average Bonchev–Trinajstić information content (AvgIpc) is 2.35. The van der Waals surface area contributed by atoms with Gasteiger partial charge in [-0.05, 0) is 41.8 Å². The van der Waals surface area contributed by atoms with E-state index in [-0.39, 0.29) is 0 Å². The molecule has 0 saturated carbocycles. The summed E-state index contributed by atoms with van der Waals surface area (Å²) in [6, 6.07) is 10.8. The van der Waals surface area contributed by atoms with Crippen LogP contribution in [-0.2, 0) is 0 Å². The fourth-order valence-electron chi connectivity index (χ4n) is 2.21. The van der Waals surface area contributed by atoms with Crippen molar-refractivity contribution in [2.24, 2.45) is 0 Å². The van der Waals surface area contributed by atoms with Crippen molar-refractivity contribution in [1.82, 2.24) is 0 Å². The maximum atomic E-state index is 3.61. The molecule has 1 N–H and O–H groups in total. The molecule has 0 unspecified atom stereocenters. The number of benzene rings is 2. The molecule has 0 saturated heterocycles. The molecule has 3 rings (SSSR count). The van der Waals surface area contributed by atoms with E-state index in [1.165, 1.54) is 26.7 Å². The Morgan fingerprint density at radius 3 is 2.47 bits per heavy atom. The van der Waals surface area contributed by atoms with Gasteiger partial charge in [0, 0.05) is 18.7 Å². The van der Waals surface area contributed by atoms with Crippen LogP contribution in [0.1, 0.15) is 25.3 Å². The Bertz CT molecular complexity index is 653. The summed E-state index contributed by atoms with van der Waals surface area (Å²) in [5, 5.41) is 3.58. The molecule has 2 aromatic rings. The van der Waals surface area contributed by atoms with E-state index in [1.807, 2.05) is 11.8 Å². The Morgan fingerprint density at radius 2 is 1.74 bits per heavy atom. The second kappa shape index (κ2) is 5.15. The Balaban J connectivity index is 2.14. The molecule has 0 atom stereocenters. The zero-order valence-corrected chi connectivity index (χ0v) is 14.6. The van der Waals surface area contributed by atoms with Crippen molar-refractivity contribution in [2.45, 2.75) is 29.6 Å². The van der Waals surface area contributed by atoms with Crippen LogP contribution in [0, 0.1) is 0 Å². The number of hydrogen-bond acceptors (Lipinski definition) is 2. The largest absolute Gasteiger partial charge is 0.353 e. The van der Waals surface area contributed by atoms with Crippen LogP contribution in [0.3, 0.4) is 0 Å². The molecule has 0 bridgehead atoms. The maximum absolute atomic E-state index is 3.61. The zero-order valence-electron chi connectivity index (χ0n) is 10.6. The fourth-order valence-corrected chi connectivity index (χ4v) is 4.46. The number of rotatable bonds is 1. The normalized spacial score (nSPS) is 12.9. The molecule has 0 spiro atoms. The van der Waals surface area contributed by atoms with E-state index in [1.54, 1.807) is 0 Å². The van der Waals surface area contributed by atoms with Crippen LogP contribution >= 0.6 is 43.6 Å². The van der Waals surface area contributed by atoms with Crippen molar-refractivity contribution in [3.63, 3.8) is 0 Å². The predicted molar refractivity (Wildman–Crippen MR) is 89.8 cm³/mol. The van der Waals surface area contributed by atoms with Crippen molar-refractivity contribution in [3.05, 3.63) is 44.8 Å². The summed E-state index contributed by atoms with van der Waals surface area (Å²) >= 11 is 8.97. The number of halogens is 2. The minimum Gasteiger partial charge on any atom is -0.353 e. The second-order valence-electron chi connectivity index (χ2n) is 4.89. The summed E-state index contributed by atoms with van der Waals surface area (Å²) in [6.07, 6.45) is 0. The summed E-state index contributed by atoms with van der Waals surface area (Å²) in [5.74, 6) is 0.497. The number of hydrogen-bond donors (Lipinski definition) is 1. The predicted octanol–water partition coefficient (Wildman–Crippen LogP) is 6.54. The quantitative estimate of drug-likeness (QED) is 0.499. The first-order valence-electron chi connectivity index (χ1n) is 6.12. The molecule has 1 aliphatic heterocycles. The first-order chi connectivity index (χ1) is 9.04. The third-order valence-electron chi connectivity index (χ3n) is 3.14. The lowest BCUT2D eigenvalue weighted by Gasteiger charge is -2.25. The molecule has 0 amide bonds. The molecule has 0 aromatic heterocycles. The van der Waals surface area contributed by atoms with Gasteiger partial charge in [-0.1, -0.05) is 57.5 Å². The molecule has 1 nitrogen and oxygen atoms in total. The molecular weight excluding hydrogens is 386 g/mol. The van der Waals surface area contributed by atoms with Crippen LogP contribution in [0.15, 0.2) is 49.1 Å². The molecule has 1 heterocycles. The van der Waals surface area contributed by atoms with E-state index >= 15 is 0 Å². The van der Waals surface area contributed by atoms with Crippen molar-refractivity contribution in [3.8, 4) is 0 Å². The molecule has 2 aromatic carbocycles.